The van der Waals surface area contributed by atoms with Gasteiger partial charge in [-0.05, 0) is 0 Å². The molecule has 1 aliphatic rings. The van der Waals surface area contributed by atoms with E-state index in [4.69, 9.17) is 11.6 Å². The zero-order chi connectivity index (χ0) is 5.82. The lowest BCUT2D eigenvalue weighted by Crippen LogP contribution is -2.21. The van der Waals surface area contributed by atoms with E-state index >= 15 is 0 Å². The summed E-state index contributed by atoms with van der Waals surface area (Å²) >= 11 is 5.51. The number of nitrogens with zero attached hydrogens (tertiary/aromatic N) is 1. The predicted octanol–water partition coefficient (Wildman–Crippen LogP) is 1.52. The molecule has 0 aromatic rings. The molecule has 1 rings (SSSR count). The minimum Gasteiger partial charge on any atom is -0.295 e. The van der Waals surface area contributed by atoms with E-state index in [0.29, 0.717) is 0 Å². The molecular weight excluding hydrogens is 157 g/mol. The van der Waals surface area contributed by atoms with Crippen LogP contribution in [-0.4, -0.2) is 30.4 Å². The maximum absolute atomic E-state index is 5.51. The first-order valence-electron chi connectivity index (χ1n) is 2.87. The highest BCUT2D eigenvalue weighted by atomic mass is 35.5. The molecule has 0 bridgehead atoms. The fourth-order valence-corrected chi connectivity index (χ4v) is 1.06. The van der Waals surface area contributed by atoms with Crippen molar-refractivity contribution in [1.82, 2.24) is 4.90 Å². The third-order valence-corrected chi connectivity index (χ3v) is 1.46. The summed E-state index contributed by atoms with van der Waals surface area (Å²) < 4.78 is 0. The van der Waals surface area contributed by atoms with Gasteiger partial charge in [0.2, 0.25) is 0 Å². The van der Waals surface area contributed by atoms with Crippen LogP contribution in [0, 0.1) is 0 Å². The first kappa shape index (κ1) is 9.28. The van der Waals surface area contributed by atoms with Crippen molar-refractivity contribution in [2.45, 2.75) is 0 Å². The summed E-state index contributed by atoms with van der Waals surface area (Å²) in [5.74, 6) is 0.752. The molecule has 0 radical (unpaired) electrons. The van der Waals surface area contributed by atoms with Gasteiger partial charge in [0.15, 0.2) is 0 Å². The molecule has 0 unspecified atom stereocenters. The zero-order valence-electron chi connectivity index (χ0n) is 5.22. The van der Waals surface area contributed by atoms with Gasteiger partial charge >= 0.3 is 0 Å². The minimum absolute atomic E-state index is 0. The summed E-state index contributed by atoms with van der Waals surface area (Å²) in [5.41, 5.74) is 0. The molecule has 0 amide bonds. The Morgan fingerprint density at radius 1 is 1.33 bits per heavy atom. The Balaban J connectivity index is 0.000000640. The SMILES string of the molecule is Cl.ClCCN1CC=CC1. The van der Waals surface area contributed by atoms with Crippen molar-refractivity contribution in [2.24, 2.45) is 0 Å². The highest BCUT2D eigenvalue weighted by Crippen LogP contribution is 1.97. The number of alkyl halides is 1. The van der Waals surface area contributed by atoms with E-state index in [1.807, 2.05) is 0 Å². The molecule has 0 aromatic heterocycles. The van der Waals surface area contributed by atoms with Crippen LogP contribution >= 0.6 is 24.0 Å². The Morgan fingerprint density at radius 2 is 1.89 bits per heavy atom. The van der Waals surface area contributed by atoms with Gasteiger partial charge in [-0.15, -0.1) is 24.0 Å². The Kier molecular flexibility index (Phi) is 5.25. The van der Waals surface area contributed by atoms with Gasteiger partial charge in [0.25, 0.3) is 0 Å². The van der Waals surface area contributed by atoms with Crippen molar-refractivity contribution >= 4 is 24.0 Å². The maximum atomic E-state index is 5.51. The standard InChI is InChI=1S/C6H10ClN.ClH/c7-3-6-8-4-1-2-5-8;/h1-2H,3-6H2;1H. The van der Waals surface area contributed by atoms with Crippen LogP contribution in [0.5, 0.6) is 0 Å². The van der Waals surface area contributed by atoms with Crippen LogP contribution in [0.2, 0.25) is 0 Å². The molecule has 9 heavy (non-hydrogen) atoms. The first-order valence-corrected chi connectivity index (χ1v) is 3.40. The van der Waals surface area contributed by atoms with Crippen molar-refractivity contribution in [3.8, 4) is 0 Å². The first-order chi connectivity index (χ1) is 3.93. The van der Waals surface area contributed by atoms with Crippen LogP contribution in [0.25, 0.3) is 0 Å². The molecule has 0 aliphatic carbocycles. The zero-order valence-corrected chi connectivity index (χ0v) is 6.79. The lowest BCUT2D eigenvalue weighted by Gasteiger charge is -2.10. The van der Waals surface area contributed by atoms with Crippen LogP contribution < -0.4 is 0 Å². The molecule has 1 heterocycles. The lowest BCUT2D eigenvalue weighted by atomic mass is 10.6. The summed E-state index contributed by atoms with van der Waals surface area (Å²) in [7, 11) is 0. The van der Waals surface area contributed by atoms with Crippen molar-refractivity contribution < 1.29 is 0 Å². The summed E-state index contributed by atoms with van der Waals surface area (Å²) in [4.78, 5) is 2.30. The van der Waals surface area contributed by atoms with Crippen molar-refractivity contribution in [3.63, 3.8) is 0 Å². The van der Waals surface area contributed by atoms with Crippen LogP contribution in [-0.2, 0) is 0 Å². The fourth-order valence-electron chi connectivity index (χ4n) is 0.824. The van der Waals surface area contributed by atoms with Gasteiger partial charge in [-0.3, -0.25) is 4.90 Å². The van der Waals surface area contributed by atoms with E-state index in [0.717, 1.165) is 25.5 Å². The van der Waals surface area contributed by atoms with Crippen molar-refractivity contribution in [1.29, 1.82) is 0 Å². The summed E-state index contributed by atoms with van der Waals surface area (Å²) in [6.45, 7) is 3.20. The second-order valence-corrected chi connectivity index (χ2v) is 2.30. The van der Waals surface area contributed by atoms with Gasteiger partial charge in [-0.25, -0.2) is 0 Å². The van der Waals surface area contributed by atoms with Gasteiger partial charge < -0.3 is 0 Å². The molecule has 0 saturated carbocycles. The molecule has 54 valence electrons. The lowest BCUT2D eigenvalue weighted by molar-refractivity contribution is 0.376. The Bertz CT molecular complexity index is 85.1. The van der Waals surface area contributed by atoms with Crippen molar-refractivity contribution in [2.75, 3.05) is 25.5 Å². The van der Waals surface area contributed by atoms with E-state index in [1.54, 1.807) is 0 Å². The summed E-state index contributed by atoms with van der Waals surface area (Å²) in [5, 5.41) is 0. The minimum atomic E-state index is 0. The predicted molar refractivity (Wildman–Crippen MR) is 43.5 cm³/mol. The van der Waals surface area contributed by atoms with Crippen LogP contribution in [0.3, 0.4) is 0 Å². The van der Waals surface area contributed by atoms with Gasteiger partial charge in [0.1, 0.15) is 0 Å². The number of hydrogen-bond acceptors (Lipinski definition) is 1. The van der Waals surface area contributed by atoms with E-state index in [2.05, 4.69) is 17.1 Å². The van der Waals surface area contributed by atoms with Gasteiger partial charge in [0, 0.05) is 25.5 Å². The molecule has 0 spiro atoms. The largest absolute Gasteiger partial charge is 0.295 e. The molecule has 1 nitrogen and oxygen atoms in total. The van der Waals surface area contributed by atoms with Crippen LogP contribution in [0.4, 0.5) is 0 Å². The normalized spacial score (nSPS) is 17.9. The molecule has 0 aromatic carbocycles. The number of rotatable bonds is 2. The highest BCUT2D eigenvalue weighted by molar-refractivity contribution is 6.18. The summed E-state index contributed by atoms with van der Waals surface area (Å²) in [6, 6.07) is 0. The van der Waals surface area contributed by atoms with Gasteiger partial charge in [0.05, 0.1) is 0 Å². The Hall–Kier alpha value is 0.280. The monoisotopic (exact) mass is 167 g/mol. The highest BCUT2D eigenvalue weighted by Gasteiger charge is 2.02. The number of hydrogen-bond donors (Lipinski definition) is 0. The fraction of sp³-hybridized carbons (Fsp3) is 0.667. The molecule has 1 aliphatic heterocycles. The van der Waals surface area contributed by atoms with Gasteiger partial charge in [-0.2, -0.15) is 0 Å². The quantitative estimate of drug-likeness (QED) is 0.446. The van der Waals surface area contributed by atoms with Gasteiger partial charge in [-0.1, -0.05) is 12.2 Å². The average molecular weight is 168 g/mol. The molecular formula is C6H11Cl2N. The second-order valence-electron chi connectivity index (χ2n) is 1.92. The third-order valence-electron chi connectivity index (χ3n) is 1.29. The van der Waals surface area contributed by atoms with E-state index in [1.165, 1.54) is 0 Å². The smallest absolute Gasteiger partial charge is 0.0351 e. The van der Waals surface area contributed by atoms with Crippen molar-refractivity contribution in [3.05, 3.63) is 12.2 Å². The summed E-state index contributed by atoms with van der Waals surface area (Å²) in [6.07, 6.45) is 4.35. The molecule has 3 heteroatoms. The topological polar surface area (TPSA) is 3.24 Å². The van der Waals surface area contributed by atoms with E-state index in [-0.39, 0.29) is 12.4 Å². The van der Waals surface area contributed by atoms with Crippen LogP contribution in [0.15, 0.2) is 12.2 Å². The molecule has 0 fully saturated rings. The Labute approximate surface area is 67.1 Å². The van der Waals surface area contributed by atoms with E-state index < -0.39 is 0 Å². The second kappa shape index (κ2) is 5.10. The van der Waals surface area contributed by atoms with E-state index in [9.17, 15) is 0 Å². The maximum Gasteiger partial charge on any atom is 0.0351 e. The Morgan fingerprint density at radius 3 is 2.33 bits per heavy atom. The average Bonchev–Trinajstić information content (AvgIpc) is 2.19. The molecule has 0 saturated heterocycles. The molecule has 0 atom stereocenters. The number of halogens is 2. The van der Waals surface area contributed by atoms with Crippen LogP contribution in [0.1, 0.15) is 0 Å². The molecule has 0 N–H and O–H groups in total. The third kappa shape index (κ3) is 3.09.